The molecule has 0 saturated carbocycles. The first kappa shape index (κ1) is 19.3. The number of hydrogen-bond donors (Lipinski definition) is 2. The van der Waals surface area contributed by atoms with Crippen molar-refractivity contribution >= 4 is 5.91 Å². The van der Waals surface area contributed by atoms with Gasteiger partial charge in [0.1, 0.15) is 0 Å². The zero-order chi connectivity index (χ0) is 18.5. The van der Waals surface area contributed by atoms with Crippen molar-refractivity contribution in [3.05, 3.63) is 35.4 Å². The summed E-state index contributed by atoms with van der Waals surface area (Å²) in [6.07, 6.45) is 3.01. The van der Waals surface area contributed by atoms with Crippen molar-refractivity contribution in [1.29, 1.82) is 0 Å². The Hall–Kier alpha value is -1.43. The summed E-state index contributed by atoms with van der Waals surface area (Å²) in [6, 6.07) is 9.40. The van der Waals surface area contributed by atoms with Gasteiger partial charge in [-0.2, -0.15) is 0 Å². The number of rotatable bonds is 5. The van der Waals surface area contributed by atoms with Gasteiger partial charge < -0.3 is 10.6 Å². The Labute approximate surface area is 158 Å². The lowest BCUT2D eigenvalue weighted by molar-refractivity contribution is -0.119. The molecule has 1 aromatic rings. The summed E-state index contributed by atoms with van der Waals surface area (Å²) in [7, 11) is 0. The lowest BCUT2D eigenvalue weighted by atomic mass is 9.89. The highest BCUT2D eigenvalue weighted by molar-refractivity contribution is 5.72. The number of benzene rings is 1. The van der Waals surface area contributed by atoms with Gasteiger partial charge in [-0.1, -0.05) is 24.3 Å². The Kier molecular flexibility index (Phi) is 6.68. The van der Waals surface area contributed by atoms with Crippen molar-refractivity contribution in [3.63, 3.8) is 0 Å². The number of piperazine rings is 1. The van der Waals surface area contributed by atoms with Crippen LogP contribution in [0.15, 0.2) is 24.3 Å². The van der Waals surface area contributed by atoms with E-state index < -0.39 is 0 Å². The van der Waals surface area contributed by atoms with Gasteiger partial charge >= 0.3 is 0 Å². The molecule has 5 nitrogen and oxygen atoms in total. The molecule has 0 aliphatic carbocycles. The molecule has 0 spiro atoms. The second-order valence-corrected chi connectivity index (χ2v) is 8.02. The number of nitrogens with zero attached hydrogens (tertiary/aromatic N) is 2. The Morgan fingerprint density at radius 3 is 2.38 bits per heavy atom. The van der Waals surface area contributed by atoms with Gasteiger partial charge in [-0.25, -0.2) is 0 Å². The molecule has 0 aromatic heterocycles. The van der Waals surface area contributed by atoms with Crippen LogP contribution in [0.5, 0.6) is 0 Å². The molecule has 1 aromatic carbocycles. The molecule has 2 atom stereocenters. The van der Waals surface area contributed by atoms with Crippen LogP contribution in [0.2, 0.25) is 0 Å². The Morgan fingerprint density at radius 1 is 1.15 bits per heavy atom. The van der Waals surface area contributed by atoms with Crippen molar-refractivity contribution in [3.8, 4) is 0 Å². The van der Waals surface area contributed by atoms with Gasteiger partial charge in [0.05, 0.1) is 6.17 Å². The van der Waals surface area contributed by atoms with E-state index >= 15 is 0 Å². The van der Waals surface area contributed by atoms with Crippen molar-refractivity contribution < 1.29 is 4.79 Å². The van der Waals surface area contributed by atoms with Crippen LogP contribution in [-0.2, 0) is 11.3 Å². The third-order valence-corrected chi connectivity index (χ3v) is 5.90. The number of piperidine rings is 1. The molecule has 0 bridgehead atoms. The standard InChI is InChI=1S/C21H34N4O/c1-16(2)24-10-12-25(13-11-24)21-9-8-20(15-23-21)19-6-4-18(5-7-19)14-22-17(3)26/h4-7,16,20-21,23H,8-15H2,1-3H3,(H,22,26). The summed E-state index contributed by atoms with van der Waals surface area (Å²) in [5.74, 6) is 0.615. The smallest absolute Gasteiger partial charge is 0.217 e. The van der Waals surface area contributed by atoms with E-state index in [1.165, 1.54) is 44.6 Å². The van der Waals surface area contributed by atoms with E-state index in [1.54, 1.807) is 6.92 Å². The van der Waals surface area contributed by atoms with Crippen LogP contribution >= 0.6 is 0 Å². The summed E-state index contributed by atoms with van der Waals surface area (Å²) in [5.41, 5.74) is 2.57. The zero-order valence-corrected chi connectivity index (χ0v) is 16.5. The van der Waals surface area contributed by atoms with E-state index in [2.05, 4.69) is 58.5 Å². The normalized spacial score (nSPS) is 25.4. The number of amides is 1. The first-order chi connectivity index (χ1) is 12.5. The summed E-state index contributed by atoms with van der Waals surface area (Å²) in [5, 5.41) is 6.64. The fourth-order valence-corrected chi connectivity index (χ4v) is 4.14. The van der Waals surface area contributed by atoms with Gasteiger partial charge in [-0.15, -0.1) is 0 Å². The maximum atomic E-state index is 11.0. The number of carbonyl (C=O) groups is 1. The lowest BCUT2D eigenvalue weighted by Crippen LogP contribution is -2.57. The third kappa shape index (κ3) is 5.06. The predicted molar refractivity (Wildman–Crippen MR) is 106 cm³/mol. The van der Waals surface area contributed by atoms with Crippen molar-refractivity contribution in [2.75, 3.05) is 32.7 Å². The maximum Gasteiger partial charge on any atom is 0.217 e. The topological polar surface area (TPSA) is 47.6 Å². The molecule has 2 saturated heterocycles. The highest BCUT2D eigenvalue weighted by Gasteiger charge is 2.28. The highest BCUT2D eigenvalue weighted by atomic mass is 16.1. The summed E-state index contributed by atoms with van der Waals surface area (Å²) >= 11 is 0. The largest absolute Gasteiger partial charge is 0.352 e. The molecule has 2 N–H and O–H groups in total. The molecular weight excluding hydrogens is 324 g/mol. The van der Waals surface area contributed by atoms with E-state index in [0.29, 0.717) is 24.7 Å². The molecule has 3 rings (SSSR count). The molecule has 2 aliphatic rings. The van der Waals surface area contributed by atoms with E-state index in [0.717, 1.165) is 12.1 Å². The molecule has 2 fully saturated rings. The van der Waals surface area contributed by atoms with Crippen LogP contribution in [-0.4, -0.2) is 60.6 Å². The Balaban J connectivity index is 1.46. The van der Waals surface area contributed by atoms with E-state index in [-0.39, 0.29) is 5.91 Å². The molecule has 2 aliphatic heterocycles. The van der Waals surface area contributed by atoms with Crippen LogP contribution in [0, 0.1) is 0 Å². The average molecular weight is 359 g/mol. The van der Waals surface area contributed by atoms with Crippen LogP contribution in [0.3, 0.4) is 0 Å². The highest BCUT2D eigenvalue weighted by Crippen LogP contribution is 2.27. The molecule has 5 heteroatoms. The van der Waals surface area contributed by atoms with E-state index in [1.807, 2.05) is 0 Å². The summed E-state index contributed by atoms with van der Waals surface area (Å²) in [4.78, 5) is 16.2. The van der Waals surface area contributed by atoms with Crippen molar-refractivity contribution in [1.82, 2.24) is 20.4 Å². The predicted octanol–water partition coefficient (Wildman–Crippen LogP) is 2.14. The van der Waals surface area contributed by atoms with Gasteiger partial charge in [-0.3, -0.25) is 14.6 Å². The van der Waals surface area contributed by atoms with Crippen LogP contribution in [0.4, 0.5) is 0 Å². The third-order valence-electron chi connectivity index (χ3n) is 5.90. The number of carbonyl (C=O) groups excluding carboxylic acids is 1. The van der Waals surface area contributed by atoms with Crippen LogP contribution < -0.4 is 10.6 Å². The van der Waals surface area contributed by atoms with Gasteiger partial charge in [-0.05, 0) is 43.7 Å². The molecular formula is C21H34N4O. The minimum Gasteiger partial charge on any atom is -0.352 e. The molecule has 144 valence electrons. The molecule has 0 radical (unpaired) electrons. The minimum atomic E-state index is 0.0193. The Bertz CT molecular complexity index is 570. The minimum absolute atomic E-state index is 0.0193. The Morgan fingerprint density at radius 2 is 1.85 bits per heavy atom. The number of nitrogens with one attached hydrogen (secondary N) is 2. The number of hydrogen-bond acceptors (Lipinski definition) is 4. The molecule has 2 unspecified atom stereocenters. The van der Waals surface area contributed by atoms with Gasteiger partial charge in [0.25, 0.3) is 0 Å². The lowest BCUT2D eigenvalue weighted by Gasteiger charge is -2.43. The fourth-order valence-electron chi connectivity index (χ4n) is 4.14. The van der Waals surface area contributed by atoms with Crippen molar-refractivity contribution in [2.24, 2.45) is 0 Å². The second kappa shape index (κ2) is 8.98. The first-order valence-electron chi connectivity index (χ1n) is 10.1. The quantitative estimate of drug-likeness (QED) is 0.847. The van der Waals surface area contributed by atoms with Gasteiger partial charge in [0.2, 0.25) is 5.91 Å². The molecule has 26 heavy (non-hydrogen) atoms. The second-order valence-electron chi connectivity index (χ2n) is 8.02. The molecule has 1 amide bonds. The van der Waals surface area contributed by atoms with Crippen LogP contribution in [0.1, 0.15) is 50.7 Å². The van der Waals surface area contributed by atoms with Gasteiger partial charge in [0, 0.05) is 52.2 Å². The average Bonchev–Trinajstić information content (AvgIpc) is 2.67. The first-order valence-corrected chi connectivity index (χ1v) is 10.1. The SMILES string of the molecule is CC(=O)NCc1ccc(C2CCC(N3CCN(C(C)C)CC3)NC2)cc1. The van der Waals surface area contributed by atoms with Crippen molar-refractivity contribution in [2.45, 2.75) is 58.3 Å². The monoisotopic (exact) mass is 358 g/mol. The zero-order valence-electron chi connectivity index (χ0n) is 16.5. The van der Waals surface area contributed by atoms with Gasteiger partial charge in [0.15, 0.2) is 0 Å². The summed E-state index contributed by atoms with van der Waals surface area (Å²) in [6.45, 7) is 12.5. The summed E-state index contributed by atoms with van der Waals surface area (Å²) < 4.78 is 0. The van der Waals surface area contributed by atoms with Crippen LogP contribution in [0.25, 0.3) is 0 Å². The van der Waals surface area contributed by atoms with E-state index in [4.69, 9.17) is 0 Å². The fraction of sp³-hybridized carbons (Fsp3) is 0.667. The maximum absolute atomic E-state index is 11.0. The van der Waals surface area contributed by atoms with E-state index in [9.17, 15) is 4.79 Å². The molecule has 2 heterocycles.